The van der Waals surface area contributed by atoms with Crippen molar-refractivity contribution in [2.75, 3.05) is 11.4 Å². The van der Waals surface area contributed by atoms with Gasteiger partial charge in [-0.1, -0.05) is 13.0 Å². The summed E-state index contributed by atoms with van der Waals surface area (Å²) in [6.45, 7) is 2.90. The summed E-state index contributed by atoms with van der Waals surface area (Å²) in [7, 11) is 0. The summed E-state index contributed by atoms with van der Waals surface area (Å²) >= 11 is 0. The summed E-state index contributed by atoms with van der Waals surface area (Å²) in [6.07, 6.45) is 3.63. The molecule has 1 aromatic carbocycles. The van der Waals surface area contributed by atoms with E-state index in [0.29, 0.717) is 0 Å². The molecule has 1 aliphatic rings. The fourth-order valence-corrected chi connectivity index (χ4v) is 2.61. The standard InChI is InChI=1S/C16H18FN3/c1-2-14(18)15-6-5-13(10-19-15)20-8-7-11-3-4-12(17)9-16(11)20/h3-6,9-10,14H,2,7-8,18H2,1H3/t14-/m1/s1. The molecule has 2 aromatic rings. The zero-order chi connectivity index (χ0) is 14.1. The Morgan fingerprint density at radius 2 is 2.20 bits per heavy atom. The molecule has 0 bridgehead atoms. The van der Waals surface area contributed by atoms with E-state index >= 15 is 0 Å². The Labute approximate surface area is 118 Å². The lowest BCUT2D eigenvalue weighted by atomic mass is 10.1. The van der Waals surface area contributed by atoms with Crippen molar-refractivity contribution < 1.29 is 4.39 Å². The first kappa shape index (κ1) is 13.1. The maximum Gasteiger partial charge on any atom is 0.125 e. The van der Waals surface area contributed by atoms with Gasteiger partial charge in [0.05, 0.1) is 17.6 Å². The van der Waals surface area contributed by atoms with Crippen molar-refractivity contribution in [1.82, 2.24) is 4.98 Å². The zero-order valence-electron chi connectivity index (χ0n) is 11.5. The van der Waals surface area contributed by atoms with Crippen LogP contribution in [0.15, 0.2) is 36.5 Å². The third-order valence-electron chi connectivity index (χ3n) is 3.85. The van der Waals surface area contributed by atoms with Gasteiger partial charge in [0.1, 0.15) is 5.82 Å². The maximum absolute atomic E-state index is 13.4. The second kappa shape index (κ2) is 5.21. The van der Waals surface area contributed by atoms with Gasteiger partial charge in [-0.2, -0.15) is 0 Å². The number of pyridine rings is 1. The van der Waals surface area contributed by atoms with Gasteiger partial charge in [-0.15, -0.1) is 0 Å². The molecule has 20 heavy (non-hydrogen) atoms. The second-order valence-electron chi connectivity index (χ2n) is 5.13. The third kappa shape index (κ3) is 2.27. The van der Waals surface area contributed by atoms with Crippen molar-refractivity contribution in [3.8, 4) is 0 Å². The fraction of sp³-hybridized carbons (Fsp3) is 0.312. The number of benzene rings is 1. The summed E-state index contributed by atoms with van der Waals surface area (Å²) < 4.78 is 13.4. The molecule has 0 radical (unpaired) electrons. The molecule has 0 saturated heterocycles. The highest BCUT2D eigenvalue weighted by Gasteiger charge is 2.21. The normalized spacial score (nSPS) is 15.2. The van der Waals surface area contributed by atoms with Crippen LogP contribution >= 0.6 is 0 Å². The van der Waals surface area contributed by atoms with Crippen LogP contribution < -0.4 is 10.6 Å². The predicted octanol–water partition coefficient (Wildman–Crippen LogP) is 3.32. The monoisotopic (exact) mass is 271 g/mol. The van der Waals surface area contributed by atoms with Gasteiger partial charge in [-0.05, 0) is 42.7 Å². The summed E-state index contributed by atoms with van der Waals surface area (Å²) in [5.74, 6) is -0.201. The summed E-state index contributed by atoms with van der Waals surface area (Å²) in [4.78, 5) is 6.53. The van der Waals surface area contributed by atoms with E-state index in [-0.39, 0.29) is 11.9 Å². The summed E-state index contributed by atoms with van der Waals surface area (Å²) in [6, 6.07) is 8.92. The Balaban J connectivity index is 1.90. The Hall–Kier alpha value is -1.94. The number of hydrogen-bond acceptors (Lipinski definition) is 3. The molecule has 3 rings (SSSR count). The molecule has 0 spiro atoms. The number of nitrogens with zero attached hydrogens (tertiary/aromatic N) is 2. The van der Waals surface area contributed by atoms with E-state index in [1.54, 1.807) is 6.07 Å². The first-order valence-corrected chi connectivity index (χ1v) is 6.96. The molecular weight excluding hydrogens is 253 g/mol. The molecule has 1 aromatic heterocycles. The van der Waals surface area contributed by atoms with Gasteiger partial charge in [-0.3, -0.25) is 4.98 Å². The minimum atomic E-state index is -0.201. The minimum Gasteiger partial charge on any atom is -0.340 e. The Morgan fingerprint density at radius 3 is 2.90 bits per heavy atom. The molecule has 0 amide bonds. The lowest BCUT2D eigenvalue weighted by molar-refractivity contribution is 0.628. The molecular formula is C16H18FN3. The van der Waals surface area contributed by atoms with Crippen molar-refractivity contribution >= 4 is 11.4 Å². The van der Waals surface area contributed by atoms with Crippen LogP contribution in [0.4, 0.5) is 15.8 Å². The summed E-state index contributed by atoms with van der Waals surface area (Å²) in [5, 5.41) is 0. The van der Waals surface area contributed by atoms with E-state index in [4.69, 9.17) is 5.73 Å². The van der Waals surface area contributed by atoms with Crippen molar-refractivity contribution in [2.24, 2.45) is 5.73 Å². The molecule has 2 N–H and O–H groups in total. The van der Waals surface area contributed by atoms with Gasteiger partial charge in [0, 0.05) is 18.3 Å². The van der Waals surface area contributed by atoms with Crippen LogP contribution in [0.5, 0.6) is 0 Å². The van der Waals surface area contributed by atoms with Crippen LogP contribution in [0, 0.1) is 5.82 Å². The summed E-state index contributed by atoms with van der Waals surface area (Å²) in [5.41, 5.74) is 9.98. The average Bonchev–Trinajstić information content (AvgIpc) is 2.89. The number of fused-ring (bicyclic) bond motifs is 1. The van der Waals surface area contributed by atoms with Gasteiger partial charge in [-0.25, -0.2) is 4.39 Å². The van der Waals surface area contributed by atoms with Gasteiger partial charge in [0.25, 0.3) is 0 Å². The van der Waals surface area contributed by atoms with Crippen LogP contribution in [0.1, 0.15) is 30.6 Å². The molecule has 0 aliphatic carbocycles. The Morgan fingerprint density at radius 1 is 1.35 bits per heavy atom. The molecule has 0 fully saturated rings. The van der Waals surface area contributed by atoms with Crippen molar-refractivity contribution in [3.05, 3.63) is 53.6 Å². The topological polar surface area (TPSA) is 42.1 Å². The average molecular weight is 271 g/mol. The van der Waals surface area contributed by atoms with Crippen LogP contribution in [0.2, 0.25) is 0 Å². The van der Waals surface area contributed by atoms with E-state index < -0.39 is 0 Å². The van der Waals surface area contributed by atoms with E-state index in [9.17, 15) is 4.39 Å². The number of rotatable bonds is 3. The molecule has 2 heterocycles. The minimum absolute atomic E-state index is 0.0210. The lowest BCUT2D eigenvalue weighted by Crippen LogP contribution is -2.15. The van der Waals surface area contributed by atoms with E-state index in [0.717, 1.165) is 36.5 Å². The predicted molar refractivity (Wildman–Crippen MR) is 78.6 cm³/mol. The highest BCUT2D eigenvalue weighted by atomic mass is 19.1. The second-order valence-corrected chi connectivity index (χ2v) is 5.13. The van der Waals surface area contributed by atoms with Crippen LogP contribution in [-0.4, -0.2) is 11.5 Å². The zero-order valence-corrected chi connectivity index (χ0v) is 11.5. The number of halogens is 1. The largest absolute Gasteiger partial charge is 0.340 e. The number of aromatic nitrogens is 1. The van der Waals surface area contributed by atoms with Gasteiger partial charge in [0.2, 0.25) is 0 Å². The van der Waals surface area contributed by atoms with Crippen LogP contribution in [-0.2, 0) is 6.42 Å². The van der Waals surface area contributed by atoms with Crippen molar-refractivity contribution in [1.29, 1.82) is 0 Å². The fourth-order valence-electron chi connectivity index (χ4n) is 2.61. The Kier molecular flexibility index (Phi) is 3.40. The molecule has 104 valence electrons. The smallest absolute Gasteiger partial charge is 0.125 e. The molecule has 0 saturated carbocycles. The van der Waals surface area contributed by atoms with Gasteiger partial charge < -0.3 is 10.6 Å². The quantitative estimate of drug-likeness (QED) is 0.931. The van der Waals surface area contributed by atoms with Gasteiger partial charge in [0.15, 0.2) is 0 Å². The molecule has 0 unspecified atom stereocenters. The Bertz CT molecular complexity index is 610. The maximum atomic E-state index is 13.4. The van der Waals surface area contributed by atoms with E-state index in [1.807, 2.05) is 31.3 Å². The first-order valence-electron chi connectivity index (χ1n) is 6.96. The van der Waals surface area contributed by atoms with E-state index in [1.165, 1.54) is 11.6 Å². The lowest BCUT2D eigenvalue weighted by Gasteiger charge is -2.20. The SMILES string of the molecule is CC[C@@H](N)c1ccc(N2CCc3ccc(F)cc32)cn1. The molecule has 4 heteroatoms. The molecule has 1 atom stereocenters. The third-order valence-corrected chi connectivity index (χ3v) is 3.85. The highest BCUT2D eigenvalue weighted by Crippen LogP contribution is 2.34. The number of nitrogens with two attached hydrogens (primary N) is 1. The van der Waals surface area contributed by atoms with Crippen molar-refractivity contribution in [3.63, 3.8) is 0 Å². The first-order chi connectivity index (χ1) is 9.69. The van der Waals surface area contributed by atoms with Crippen LogP contribution in [0.25, 0.3) is 0 Å². The number of hydrogen-bond donors (Lipinski definition) is 1. The molecule has 3 nitrogen and oxygen atoms in total. The van der Waals surface area contributed by atoms with Crippen molar-refractivity contribution in [2.45, 2.75) is 25.8 Å². The van der Waals surface area contributed by atoms with E-state index in [2.05, 4.69) is 9.88 Å². The number of anilines is 2. The highest BCUT2D eigenvalue weighted by molar-refractivity contribution is 5.69. The van der Waals surface area contributed by atoms with Gasteiger partial charge >= 0.3 is 0 Å². The van der Waals surface area contributed by atoms with Crippen LogP contribution in [0.3, 0.4) is 0 Å². The molecule has 1 aliphatic heterocycles.